The van der Waals surface area contributed by atoms with Crippen LogP contribution in [0.25, 0.3) is 11.4 Å². The summed E-state index contributed by atoms with van der Waals surface area (Å²) in [4.78, 5) is 4.37. The number of benzene rings is 1. The molecule has 3 rings (SSSR count). The molecule has 0 amide bonds. The fourth-order valence-corrected chi connectivity index (χ4v) is 4.28. The zero-order valence-corrected chi connectivity index (χ0v) is 15.7. The van der Waals surface area contributed by atoms with Gasteiger partial charge in [-0.25, -0.2) is 13.4 Å². The molecule has 1 aromatic carbocycles. The van der Waals surface area contributed by atoms with Gasteiger partial charge in [0.25, 0.3) is 0 Å². The summed E-state index contributed by atoms with van der Waals surface area (Å²) in [6.45, 7) is 2.04. The second kappa shape index (κ2) is 8.07. The minimum atomic E-state index is -3.32. The Kier molecular flexibility index (Phi) is 5.80. The van der Waals surface area contributed by atoms with E-state index in [9.17, 15) is 8.42 Å². The summed E-state index contributed by atoms with van der Waals surface area (Å²) in [5.74, 6) is 1.93. The van der Waals surface area contributed by atoms with Crippen molar-refractivity contribution in [2.75, 3.05) is 46.3 Å². The van der Waals surface area contributed by atoms with Crippen molar-refractivity contribution in [3.05, 3.63) is 30.6 Å². The van der Waals surface area contributed by atoms with Gasteiger partial charge in [0.15, 0.2) is 11.5 Å². The molecule has 0 N–H and O–H groups in total. The fraction of sp³-hybridized carbons (Fsp3) is 0.471. The van der Waals surface area contributed by atoms with Gasteiger partial charge in [-0.05, 0) is 18.2 Å². The third-order valence-corrected chi connectivity index (χ3v) is 6.16. The Morgan fingerprint density at radius 2 is 1.88 bits per heavy atom. The molecule has 142 valence electrons. The number of methoxy groups -OCH3 is 2. The molecule has 0 saturated carbocycles. The number of imidazole rings is 1. The highest BCUT2D eigenvalue weighted by Crippen LogP contribution is 2.31. The molecule has 8 nitrogen and oxygen atoms in total. The van der Waals surface area contributed by atoms with E-state index in [0.29, 0.717) is 50.2 Å². The van der Waals surface area contributed by atoms with Crippen molar-refractivity contribution in [3.8, 4) is 22.9 Å². The molecule has 0 spiro atoms. The molecule has 0 unspecified atom stereocenters. The number of rotatable bonds is 7. The van der Waals surface area contributed by atoms with Gasteiger partial charge < -0.3 is 18.8 Å². The Balaban J connectivity index is 1.77. The summed E-state index contributed by atoms with van der Waals surface area (Å²) in [5.41, 5.74) is 0.830. The van der Waals surface area contributed by atoms with E-state index < -0.39 is 10.0 Å². The maximum atomic E-state index is 12.5. The topological polar surface area (TPSA) is 82.9 Å². The van der Waals surface area contributed by atoms with Crippen LogP contribution < -0.4 is 9.47 Å². The Morgan fingerprint density at radius 3 is 2.58 bits per heavy atom. The lowest BCUT2D eigenvalue weighted by Crippen LogP contribution is -2.42. The van der Waals surface area contributed by atoms with Crippen LogP contribution in [0.4, 0.5) is 0 Å². The van der Waals surface area contributed by atoms with Gasteiger partial charge in [-0.2, -0.15) is 4.31 Å². The summed E-state index contributed by atoms with van der Waals surface area (Å²) in [7, 11) is -0.171. The monoisotopic (exact) mass is 381 g/mol. The zero-order valence-electron chi connectivity index (χ0n) is 14.9. The molecule has 1 aliphatic rings. The van der Waals surface area contributed by atoms with Crippen LogP contribution in [0.15, 0.2) is 30.6 Å². The van der Waals surface area contributed by atoms with Crippen LogP contribution in [0.2, 0.25) is 0 Å². The maximum Gasteiger partial charge on any atom is 0.216 e. The quantitative estimate of drug-likeness (QED) is 0.717. The molecular weight excluding hydrogens is 358 g/mol. The molecule has 0 atom stereocenters. The van der Waals surface area contributed by atoms with Gasteiger partial charge in [0, 0.05) is 37.6 Å². The van der Waals surface area contributed by atoms with E-state index in [0.717, 1.165) is 5.56 Å². The Labute approximate surface area is 153 Å². The van der Waals surface area contributed by atoms with E-state index in [1.807, 2.05) is 16.7 Å². The van der Waals surface area contributed by atoms with Gasteiger partial charge >= 0.3 is 0 Å². The van der Waals surface area contributed by atoms with Gasteiger partial charge in [-0.15, -0.1) is 0 Å². The lowest BCUT2D eigenvalue weighted by Gasteiger charge is -2.26. The average Bonchev–Trinajstić information content (AvgIpc) is 3.15. The predicted octanol–water partition coefficient (Wildman–Crippen LogP) is 1.23. The van der Waals surface area contributed by atoms with E-state index in [-0.39, 0.29) is 5.75 Å². The Bertz CT molecular complexity index is 844. The van der Waals surface area contributed by atoms with Crippen LogP contribution in [-0.2, 0) is 21.3 Å². The molecule has 2 heterocycles. The van der Waals surface area contributed by atoms with E-state index in [2.05, 4.69) is 4.98 Å². The zero-order chi connectivity index (χ0) is 18.6. The van der Waals surface area contributed by atoms with Crippen LogP contribution in [0.1, 0.15) is 0 Å². The second-order valence-electron chi connectivity index (χ2n) is 5.84. The Hall–Kier alpha value is -2.10. The summed E-state index contributed by atoms with van der Waals surface area (Å²) >= 11 is 0. The standard InChI is InChI=1S/C17H23N3O5S/c1-23-15-4-3-14(13-16(15)24-2)17-18-5-6-19(17)9-12-26(21,22)20-7-10-25-11-8-20/h3-6,13H,7-12H2,1-2H3. The molecular formula is C17H23N3O5S. The molecule has 26 heavy (non-hydrogen) atoms. The lowest BCUT2D eigenvalue weighted by molar-refractivity contribution is 0.0730. The Morgan fingerprint density at radius 1 is 1.15 bits per heavy atom. The number of sulfonamides is 1. The first kappa shape index (κ1) is 18.7. The summed E-state index contributed by atoms with van der Waals surface area (Å²) in [6.07, 6.45) is 3.44. The molecule has 1 saturated heterocycles. The first-order chi connectivity index (χ1) is 12.5. The summed E-state index contributed by atoms with van der Waals surface area (Å²) in [5, 5.41) is 0. The molecule has 2 aromatic rings. The van der Waals surface area contributed by atoms with Crippen molar-refractivity contribution in [3.63, 3.8) is 0 Å². The number of ether oxygens (including phenoxy) is 3. The van der Waals surface area contributed by atoms with Crippen LogP contribution in [0, 0.1) is 0 Å². The summed E-state index contributed by atoms with van der Waals surface area (Å²) in [6, 6.07) is 5.50. The van der Waals surface area contributed by atoms with Crippen molar-refractivity contribution >= 4 is 10.0 Å². The molecule has 0 bridgehead atoms. The van der Waals surface area contributed by atoms with Crippen molar-refractivity contribution < 1.29 is 22.6 Å². The smallest absolute Gasteiger partial charge is 0.216 e. The summed E-state index contributed by atoms with van der Waals surface area (Å²) < 4.78 is 44.1. The van der Waals surface area contributed by atoms with Crippen molar-refractivity contribution in [1.29, 1.82) is 0 Å². The van der Waals surface area contributed by atoms with Crippen LogP contribution in [-0.4, -0.2) is 68.5 Å². The number of aryl methyl sites for hydroxylation is 1. The highest BCUT2D eigenvalue weighted by molar-refractivity contribution is 7.89. The van der Waals surface area contributed by atoms with Gasteiger partial charge in [-0.1, -0.05) is 0 Å². The van der Waals surface area contributed by atoms with E-state index >= 15 is 0 Å². The molecule has 0 aliphatic carbocycles. The van der Waals surface area contributed by atoms with Gasteiger partial charge in [0.1, 0.15) is 5.82 Å². The van der Waals surface area contributed by atoms with Crippen LogP contribution >= 0.6 is 0 Å². The first-order valence-corrected chi connectivity index (χ1v) is 9.95. The molecule has 1 fully saturated rings. The largest absolute Gasteiger partial charge is 0.493 e. The second-order valence-corrected chi connectivity index (χ2v) is 7.93. The van der Waals surface area contributed by atoms with Gasteiger partial charge in [-0.3, -0.25) is 0 Å². The molecule has 9 heteroatoms. The number of hydrogen-bond acceptors (Lipinski definition) is 6. The van der Waals surface area contributed by atoms with Crippen LogP contribution in [0.3, 0.4) is 0 Å². The van der Waals surface area contributed by atoms with Crippen LogP contribution in [0.5, 0.6) is 11.5 Å². The van der Waals surface area contributed by atoms with Crippen molar-refractivity contribution in [2.45, 2.75) is 6.54 Å². The highest BCUT2D eigenvalue weighted by Gasteiger charge is 2.24. The average molecular weight is 381 g/mol. The number of morpholine rings is 1. The molecule has 1 aromatic heterocycles. The fourth-order valence-electron chi connectivity index (χ4n) is 2.89. The maximum absolute atomic E-state index is 12.5. The van der Waals surface area contributed by atoms with E-state index in [1.54, 1.807) is 32.7 Å². The normalized spacial score (nSPS) is 15.8. The van der Waals surface area contributed by atoms with Crippen molar-refractivity contribution in [2.24, 2.45) is 0 Å². The SMILES string of the molecule is COc1ccc(-c2nccn2CCS(=O)(=O)N2CCOCC2)cc1OC. The number of hydrogen-bond donors (Lipinski definition) is 0. The predicted molar refractivity (Wildman–Crippen MR) is 96.9 cm³/mol. The minimum absolute atomic E-state index is 0.0175. The third kappa shape index (κ3) is 4.00. The number of aromatic nitrogens is 2. The van der Waals surface area contributed by atoms with Crippen molar-refractivity contribution in [1.82, 2.24) is 13.9 Å². The minimum Gasteiger partial charge on any atom is -0.493 e. The van der Waals surface area contributed by atoms with E-state index in [1.165, 1.54) is 4.31 Å². The highest BCUT2D eigenvalue weighted by atomic mass is 32.2. The first-order valence-electron chi connectivity index (χ1n) is 8.34. The van der Waals surface area contributed by atoms with E-state index in [4.69, 9.17) is 14.2 Å². The third-order valence-electron chi connectivity index (χ3n) is 4.31. The lowest BCUT2D eigenvalue weighted by atomic mass is 10.2. The molecule has 1 aliphatic heterocycles. The number of nitrogens with zero attached hydrogens (tertiary/aromatic N) is 3. The molecule has 0 radical (unpaired) electrons. The van der Waals surface area contributed by atoms with Gasteiger partial charge in [0.05, 0.1) is 33.2 Å². The van der Waals surface area contributed by atoms with Gasteiger partial charge in [0.2, 0.25) is 10.0 Å².